The van der Waals surface area contributed by atoms with E-state index in [2.05, 4.69) is 26.8 Å². The van der Waals surface area contributed by atoms with E-state index in [1.807, 2.05) is 19.1 Å². The Labute approximate surface area is 141 Å². The predicted octanol–water partition coefficient (Wildman–Crippen LogP) is 3.86. The third-order valence-corrected chi connectivity index (χ3v) is 4.02. The minimum Gasteiger partial charge on any atom is -0.490 e. The number of hydrogen-bond donors (Lipinski definition) is 2. The fourth-order valence-corrected chi connectivity index (χ4v) is 2.43. The van der Waals surface area contributed by atoms with Gasteiger partial charge in [0.05, 0.1) is 19.3 Å². The van der Waals surface area contributed by atoms with Crippen LogP contribution in [0.4, 0.5) is 0 Å². The van der Waals surface area contributed by atoms with Crippen molar-refractivity contribution in [3.05, 3.63) is 23.8 Å². The molecule has 3 unspecified atom stereocenters. The summed E-state index contributed by atoms with van der Waals surface area (Å²) in [5, 5.41) is 10.1. The van der Waals surface area contributed by atoms with Gasteiger partial charge in [0.2, 0.25) is 0 Å². The number of rotatable bonds is 11. The maximum atomic E-state index is 10.1. The second-order valence-electron chi connectivity index (χ2n) is 6.18. The van der Waals surface area contributed by atoms with Gasteiger partial charge in [-0.2, -0.15) is 0 Å². The van der Waals surface area contributed by atoms with E-state index in [1.165, 1.54) is 0 Å². The largest absolute Gasteiger partial charge is 0.490 e. The average molecular weight is 323 g/mol. The Bertz CT molecular complexity index is 450. The van der Waals surface area contributed by atoms with Gasteiger partial charge in [0, 0.05) is 6.04 Å². The first-order valence-electron chi connectivity index (χ1n) is 8.86. The predicted molar refractivity (Wildman–Crippen MR) is 95.3 cm³/mol. The summed E-state index contributed by atoms with van der Waals surface area (Å²) in [6.45, 7) is 9.63. The number of benzene rings is 1. The van der Waals surface area contributed by atoms with E-state index >= 15 is 0 Å². The number of aliphatic hydroxyl groups is 1. The number of hydrogen-bond acceptors (Lipinski definition) is 4. The molecule has 0 aromatic heterocycles. The van der Waals surface area contributed by atoms with Crippen LogP contribution in [-0.4, -0.2) is 30.5 Å². The van der Waals surface area contributed by atoms with E-state index in [-0.39, 0.29) is 12.0 Å². The van der Waals surface area contributed by atoms with Gasteiger partial charge in [-0.15, -0.1) is 0 Å². The minimum atomic E-state index is -0.481. The van der Waals surface area contributed by atoms with E-state index in [0.29, 0.717) is 19.6 Å². The van der Waals surface area contributed by atoms with E-state index in [0.717, 1.165) is 36.3 Å². The fraction of sp³-hybridized carbons (Fsp3) is 0.684. The molecule has 0 spiro atoms. The molecule has 0 heterocycles. The van der Waals surface area contributed by atoms with Gasteiger partial charge in [0.15, 0.2) is 11.5 Å². The Morgan fingerprint density at radius 3 is 2.22 bits per heavy atom. The van der Waals surface area contributed by atoms with Crippen LogP contribution in [0.1, 0.15) is 64.9 Å². The van der Waals surface area contributed by atoms with Crippen LogP contribution in [0, 0.1) is 0 Å². The number of nitrogens with two attached hydrogens (primary N) is 1. The first-order valence-corrected chi connectivity index (χ1v) is 8.86. The molecular weight excluding hydrogens is 290 g/mol. The molecule has 0 aliphatic rings. The van der Waals surface area contributed by atoms with E-state index in [9.17, 15) is 5.11 Å². The highest BCUT2D eigenvalue weighted by atomic mass is 16.5. The van der Waals surface area contributed by atoms with E-state index < -0.39 is 6.10 Å². The van der Waals surface area contributed by atoms with Crippen LogP contribution in [0.25, 0.3) is 0 Å². The smallest absolute Gasteiger partial charge is 0.161 e. The van der Waals surface area contributed by atoms with Gasteiger partial charge >= 0.3 is 0 Å². The molecule has 1 rings (SSSR count). The molecule has 132 valence electrons. The highest BCUT2D eigenvalue weighted by Gasteiger charge is 2.18. The molecule has 0 aliphatic heterocycles. The summed E-state index contributed by atoms with van der Waals surface area (Å²) in [5.41, 5.74) is 7.06. The zero-order valence-electron chi connectivity index (χ0n) is 15.0. The lowest BCUT2D eigenvalue weighted by molar-refractivity contribution is 0.126. The van der Waals surface area contributed by atoms with Gasteiger partial charge in [-0.3, -0.25) is 0 Å². The molecule has 0 saturated carbocycles. The number of ether oxygens (including phenoxy) is 2. The normalized spacial score (nSPS) is 15.0. The van der Waals surface area contributed by atoms with Crippen molar-refractivity contribution in [2.45, 2.75) is 71.4 Å². The van der Waals surface area contributed by atoms with Crippen molar-refractivity contribution in [3.63, 3.8) is 0 Å². The first kappa shape index (κ1) is 19.8. The molecule has 1 aromatic carbocycles. The van der Waals surface area contributed by atoms with Crippen molar-refractivity contribution in [3.8, 4) is 11.5 Å². The molecule has 3 N–H and O–H groups in total. The Morgan fingerprint density at radius 2 is 1.65 bits per heavy atom. The van der Waals surface area contributed by atoms with Gasteiger partial charge in [0.1, 0.15) is 0 Å². The minimum absolute atomic E-state index is 0.166. The lowest BCUT2D eigenvalue weighted by atomic mass is 9.91. The molecule has 0 saturated heterocycles. The third-order valence-electron chi connectivity index (χ3n) is 4.02. The van der Waals surface area contributed by atoms with Crippen LogP contribution in [0.3, 0.4) is 0 Å². The summed E-state index contributed by atoms with van der Waals surface area (Å²) in [4.78, 5) is 0. The molecule has 4 nitrogen and oxygen atoms in total. The van der Waals surface area contributed by atoms with Gasteiger partial charge in [-0.05, 0) is 49.3 Å². The molecule has 1 aromatic rings. The molecule has 0 bridgehead atoms. The van der Waals surface area contributed by atoms with Crippen LogP contribution in [0.2, 0.25) is 0 Å². The summed E-state index contributed by atoms with van der Waals surface area (Å²) in [6, 6.07) is 5.90. The topological polar surface area (TPSA) is 64.7 Å². The quantitative estimate of drug-likeness (QED) is 0.649. The van der Waals surface area contributed by atoms with Crippen LogP contribution in [-0.2, 0) is 0 Å². The van der Waals surface area contributed by atoms with Crippen LogP contribution >= 0.6 is 0 Å². The van der Waals surface area contributed by atoms with Gasteiger partial charge in [0.25, 0.3) is 0 Å². The van der Waals surface area contributed by atoms with Crippen molar-refractivity contribution in [1.29, 1.82) is 0 Å². The summed E-state index contributed by atoms with van der Waals surface area (Å²) in [6.07, 6.45) is 2.87. The zero-order valence-corrected chi connectivity index (χ0v) is 15.0. The van der Waals surface area contributed by atoms with Crippen molar-refractivity contribution < 1.29 is 14.6 Å². The van der Waals surface area contributed by atoms with E-state index in [1.54, 1.807) is 0 Å². The monoisotopic (exact) mass is 323 g/mol. The highest BCUT2D eigenvalue weighted by molar-refractivity contribution is 5.44. The Kier molecular flexibility index (Phi) is 9.03. The van der Waals surface area contributed by atoms with Crippen molar-refractivity contribution in [2.24, 2.45) is 5.73 Å². The number of aliphatic hydroxyl groups excluding tert-OH is 1. The van der Waals surface area contributed by atoms with Crippen LogP contribution in [0.5, 0.6) is 11.5 Å². The SMILES string of the molecule is CCCOc1ccc(C(C)CC(O)C(N)CC)cc1OCCC. The van der Waals surface area contributed by atoms with E-state index in [4.69, 9.17) is 15.2 Å². The summed E-state index contributed by atoms with van der Waals surface area (Å²) in [7, 11) is 0. The molecule has 23 heavy (non-hydrogen) atoms. The lowest BCUT2D eigenvalue weighted by Crippen LogP contribution is -2.34. The van der Waals surface area contributed by atoms with Gasteiger partial charge in [-0.25, -0.2) is 0 Å². The second-order valence-corrected chi connectivity index (χ2v) is 6.18. The van der Waals surface area contributed by atoms with Crippen molar-refractivity contribution >= 4 is 0 Å². The highest BCUT2D eigenvalue weighted by Crippen LogP contribution is 2.33. The fourth-order valence-electron chi connectivity index (χ4n) is 2.43. The standard InChI is InChI=1S/C19H33NO3/c1-5-10-22-18-9-8-15(13-19(18)23-11-6-2)14(4)12-17(21)16(20)7-3/h8-9,13-14,16-17,21H,5-7,10-12,20H2,1-4H3. The summed E-state index contributed by atoms with van der Waals surface area (Å²) in [5.74, 6) is 1.80. The van der Waals surface area contributed by atoms with Crippen LogP contribution < -0.4 is 15.2 Å². The lowest BCUT2D eigenvalue weighted by Gasteiger charge is -2.22. The Hall–Kier alpha value is -1.26. The first-order chi connectivity index (χ1) is 11.0. The molecule has 4 heteroatoms. The van der Waals surface area contributed by atoms with Crippen LogP contribution in [0.15, 0.2) is 18.2 Å². The molecule has 0 fully saturated rings. The molecule has 0 radical (unpaired) electrons. The van der Waals surface area contributed by atoms with Gasteiger partial charge in [-0.1, -0.05) is 33.8 Å². The maximum absolute atomic E-state index is 10.1. The van der Waals surface area contributed by atoms with Crippen molar-refractivity contribution in [1.82, 2.24) is 0 Å². The second kappa shape index (κ2) is 10.5. The molecule has 0 amide bonds. The Morgan fingerprint density at radius 1 is 1.04 bits per heavy atom. The molecular formula is C19H33NO3. The maximum Gasteiger partial charge on any atom is 0.161 e. The van der Waals surface area contributed by atoms with Gasteiger partial charge < -0.3 is 20.3 Å². The summed E-state index contributed by atoms with van der Waals surface area (Å²) < 4.78 is 11.6. The Balaban J connectivity index is 2.85. The zero-order chi connectivity index (χ0) is 17.2. The summed E-state index contributed by atoms with van der Waals surface area (Å²) >= 11 is 0. The van der Waals surface area contributed by atoms with Crippen molar-refractivity contribution in [2.75, 3.05) is 13.2 Å². The molecule has 0 aliphatic carbocycles. The average Bonchev–Trinajstić information content (AvgIpc) is 2.57. The molecule has 3 atom stereocenters. The third kappa shape index (κ3) is 6.40.